The molecule has 1 aromatic rings. The number of hydrogen-bond acceptors (Lipinski definition) is 3. The van der Waals surface area contributed by atoms with Crippen LogP contribution in [-0.2, 0) is 10.0 Å². The van der Waals surface area contributed by atoms with Gasteiger partial charge in [-0.2, -0.15) is 0 Å². The van der Waals surface area contributed by atoms with Gasteiger partial charge in [0.25, 0.3) is 5.91 Å². The van der Waals surface area contributed by atoms with Crippen molar-refractivity contribution in [3.8, 4) is 0 Å². The molecule has 3 N–H and O–H groups in total. The van der Waals surface area contributed by atoms with E-state index < -0.39 is 10.0 Å². The molecule has 1 aromatic heterocycles. The average Bonchev–Trinajstić information content (AvgIpc) is 2.69. The summed E-state index contributed by atoms with van der Waals surface area (Å²) >= 11 is 0. The standard InChI is InChI=1S/C14H21N3O3S/c1-9-5-10(6-9)16-14(18)13-7-12(21(15,19)20)8-17(13)11-3-2-4-11/h7-11H,2-6H2,1H3,(H,16,18)(H2,15,19,20). The number of hydrogen-bond donors (Lipinski definition) is 2. The Hall–Kier alpha value is -1.34. The molecule has 0 radical (unpaired) electrons. The second-order valence-corrected chi connectivity index (χ2v) is 7.91. The van der Waals surface area contributed by atoms with Gasteiger partial charge in [0.05, 0.1) is 0 Å². The Labute approximate surface area is 124 Å². The molecular formula is C14H21N3O3S. The van der Waals surface area contributed by atoms with Crippen LogP contribution in [0.15, 0.2) is 17.2 Å². The lowest BCUT2D eigenvalue weighted by Crippen LogP contribution is -2.44. The summed E-state index contributed by atoms with van der Waals surface area (Å²) in [5, 5.41) is 8.16. The number of nitrogens with two attached hydrogens (primary N) is 1. The van der Waals surface area contributed by atoms with E-state index in [0.29, 0.717) is 11.6 Å². The molecule has 0 atom stereocenters. The molecule has 2 saturated carbocycles. The van der Waals surface area contributed by atoms with Crippen LogP contribution in [0.3, 0.4) is 0 Å². The molecule has 2 aliphatic carbocycles. The van der Waals surface area contributed by atoms with E-state index in [9.17, 15) is 13.2 Å². The average molecular weight is 311 g/mol. The van der Waals surface area contributed by atoms with Crippen LogP contribution in [0, 0.1) is 5.92 Å². The molecule has 2 aliphatic rings. The number of amides is 1. The summed E-state index contributed by atoms with van der Waals surface area (Å²) in [5.74, 6) is 0.447. The van der Waals surface area contributed by atoms with E-state index in [1.165, 1.54) is 12.3 Å². The minimum absolute atomic E-state index is 0.0153. The monoisotopic (exact) mass is 311 g/mol. The summed E-state index contributed by atoms with van der Waals surface area (Å²) in [6.07, 6.45) is 6.51. The molecule has 0 spiro atoms. The van der Waals surface area contributed by atoms with E-state index in [1.807, 2.05) is 0 Å². The van der Waals surface area contributed by atoms with Crippen molar-refractivity contribution in [3.63, 3.8) is 0 Å². The van der Waals surface area contributed by atoms with E-state index in [-0.39, 0.29) is 22.9 Å². The Balaban J connectivity index is 1.84. The predicted octanol–water partition coefficient (Wildman–Crippen LogP) is 1.39. The first kappa shape index (κ1) is 14.6. The van der Waals surface area contributed by atoms with Gasteiger partial charge in [-0.1, -0.05) is 6.92 Å². The first-order chi connectivity index (χ1) is 9.84. The van der Waals surface area contributed by atoms with Gasteiger partial charge in [-0.3, -0.25) is 4.79 Å². The highest BCUT2D eigenvalue weighted by Gasteiger charge is 2.30. The van der Waals surface area contributed by atoms with Gasteiger partial charge in [0, 0.05) is 18.3 Å². The Morgan fingerprint density at radius 3 is 2.52 bits per heavy atom. The molecule has 116 valence electrons. The van der Waals surface area contributed by atoms with Crippen LogP contribution in [0.1, 0.15) is 55.6 Å². The van der Waals surface area contributed by atoms with Crippen molar-refractivity contribution < 1.29 is 13.2 Å². The van der Waals surface area contributed by atoms with Crippen LogP contribution in [0.25, 0.3) is 0 Å². The Bertz CT molecular complexity index is 655. The van der Waals surface area contributed by atoms with E-state index in [2.05, 4.69) is 12.2 Å². The number of primary sulfonamides is 1. The summed E-state index contributed by atoms with van der Waals surface area (Å²) in [4.78, 5) is 12.4. The highest BCUT2D eigenvalue weighted by molar-refractivity contribution is 7.89. The van der Waals surface area contributed by atoms with Gasteiger partial charge >= 0.3 is 0 Å². The number of carbonyl (C=O) groups is 1. The Kier molecular flexibility index (Phi) is 3.57. The number of nitrogens with zero attached hydrogens (tertiary/aromatic N) is 1. The Morgan fingerprint density at radius 1 is 1.38 bits per heavy atom. The molecule has 3 rings (SSSR count). The number of sulfonamides is 1. The van der Waals surface area contributed by atoms with Crippen LogP contribution in [-0.4, -0.2) is 24.9 Å². The van der Waals surface area contributed by atoms with Gasteiger partial charge in [-0.05, 0) is 44.1 Å². The van der Waals surface area contributed by atoms with E-state index in [1.54, 1.807) is 4.57 Å². The van der Waals surface area contributed by atoms with Gasteiger partial charge in [0.1, 0.15) is 10.6 Å². The summed E-state index contributed by atoms with van der Waals surface area (Å²) in [6.45, 7) is 2.15. The van der Waals surface area contributed by atoms with Crippen molar-refractivity contribution in [3.05, 3.63) is 18.0 Å². The van der Waals surface area contributed by atoms with Gasteiger partial charge in [-0.15, -0.1) is 0 Å². The minimum atomic E-state index is -3.79. The lowest BCUT2D eigenvalue weighted by atomic mass is 9.82. The zero-order valence-corrected chi connectivity index (χ0v) is 12.9. The van der Waals surface area contributed by atoms with Crippen molar-refractivity contribution in [1.82, 2.24) is 9.88 Å². The topological polar surface area (TPSA) is 94.2 Å². The van der Waals surface area contributed by atoms with Crippen LogP contribution in [0.4, 0.5) is 0 Å². The van der Waals surface area contributed by atoms with E-state index in [0.717, 1.165) is 32.1 Å². The largest absolute Gasteiger partial charge is 0.348 e. The molecule has 0 aromatic carbocycles. The fraction of sp³-hybridized carbons (Fsp3) is 0.643. The summed E-state index contributed by atoms with van der Waals surface area (Å²) in [7, 11) is -3.79. The molecule has 21 heavy (non-hydrogen) atoms. The van der Waals surface area contributed by atoms with E-state index in [4.69, 9.17) is 5.14 Å². The number of nitrogens with one attached hydrogen (secondary N) is 1. The highest BCUT2D eigenvalue weighted by atomic mass is 32.2. The van der Waals surface area contributed by atoms with Crippen LogP contribution in [0.5, 0.6) is 0 Å². The van der Waals surface area contributed by atoms with Crippen LogP contribution < -0.4 is 10.5 Å². The predicted molar refractivity (Wildman–Crippen MR) is 78.3 cm³/mol. The lowest BCUT2D eigenvalue weighted by Gasteiger charge is -2.34. The molecular weight excluding hydrogens is 290 g/mol. The number of carbonyl (C=O) groups excluding carboxylic acids is 1. The molecule has 1 amide bonds. The van der Waals surface area contributed by atoms with E-state index >= 15 is 0 Å². The molecule has 0 bridgehead atoms. The zero-order chi connectivity index (χ0) is 15.2. The Morgan fingerprint density at radius 2 is 2.05 bits per heavy atom. The van der Waals surface area contributed by atoms with Crippen molar-refractivity contribution in [1.29, 1.82) is 0 Å². The van der Waals surface area contributed by atoms with Gasteiger partial charge in [0.15, 0.2) is 0 Å². The fourth-order valence-corrected chi connectivity index (χ4v) is 3.57. The maximum absolute atomic E-state index is 12.4. The zero-order valence-electron chi connectivity index (χ0n) is 12.1. The summed E-state index contributed by atoms with van der Waals surface area (Å²) in [6, 6.07) is 1.81. The molecule has 0 unspecified atom stereocenters. The van der Waals surface area contributed by atoms with Crippen LogP contribution >= 0.6 is 0 Å². The maximum Gasteiger partial charge on any atom is 0.268 e. The third-order valence-electron chi connectivity index (χ3n) is 4.56. The number of rotatable bonds is 4. The molecule has 6 nitrogen and oxygen atoms in total. The molecule has 7 heteroatoms. The molecule has 0 saturated heterocycles. The van der Waals surface area contributed by atoms with Crippen molar-refractivity contribution in [2.75, 3.05) is 0 Å². The van der Waals surface area contributed by atoms with Gasteiger partial charge in [-0.25, -0.2) is 13.6 Å². The van der Waals surface area contributed by atoms with Gasteiger partial charge < -0.3 is 9.88 Å². The fourth-order valence-electron chi connectivity index (χ4n) is 3.04. The normalized spacial score (nSPS) is 26.0. The summed E-state index contributed by atoms with van der Waals surface area (Å²) in [5.41, 5.74) is 0.406. The highest BCUT2D eigenvalue weighted by Crippen LogP contribution is 2.34. The summed E-state index contributed by atoms with van der Waals surface area (Å²) < 4.78 is 24.8. The smallest absolute Gasteiger partial charge is 0.268 e. The van der Waals surface area contributed by atoms with Gasteiger partial charge in [0.2, 0.25) is 10.0 Å². The lowest BCUT2D eigenvalue weighted by molar-refractivity contribution is 0.0880. The maximum atomic E-state index is 12.4. The second-order valence-electron chi connectivity index (χ2n) is 6.35. The molecule has 1 heterocycles. The minimum Gasteiger partial charge on any atom is -0.348 e. The number of aromatic nitrogens is 1. The van der Waals surface area contributed by atoms with Crippen LogP contribution in [0.2, 0.25) is 0 Å². The first-order valence-corrected chi connectivity index (χ1v) is 8.95. The third-order valence-corrected chi connectivity index (χ3v) is 5.44. The SMILES string of the molecule is CC1CC(NC(=O)c2cc(S(N)(=O)=O)cn2C2CCC2)C1. The molecule has 2 fully saturated rings. The van der Waals surface area contributed by atoms with Crippen molar-refractivity contribution in [2.45, 2.75) is 56.0 Å². The quantitative estimate of drug-likeness (QED) is 0.879. The van der Waals surface area contributed by atoms with Crippen molar-refractivity contribution in [2.24, 2.45) is 11.1 Å². The second kappa shape index (κ2) is 5.14. The third kappa shape index (κ3) is 2.85. The first-order valence-electron chi connectivity index (χ1n) is 7.40. The molecule has 0 aliphatic heterocycles. The van der Waals surface area contributed by atoms with Crippen molar-refractivity contribution >= 4 is 15.9 Å².